The minimum atomic E-state index is -0.320. The number of halogens is 1. The van der Waals surface area contributed by atoms with Crippen LogP contribution in [0.4, 0.5) is 4.39 Å². The molecule has 0 aliphatic carbocycles. The van der Waals surface area contributed by atoms with E-state index in [2.05, 4.69) is 40.3 Å². The van der Waals surface area contributed by atoms with Gasteiger partial charge in [-0.05, 0) is 67.6 Å². The number of carbonyl (C=O) groups excluding carboxylic acids is 1. The van der Waals surface area contributed by atoms with Crippen LogP contribution in [0, 0.1) is 11.7 Å². The molecule has 0 radical (unpaired) electrons. The molecule has 5 nitrogen and oxygen atoms in total. The minimum absolute atomic E-state index is 0.0522. The first kappa shape index (κ1) is 24.2. The average Bonchev–Trinajstić information content (AvgIpc) is 3.36. The van der Waals surface area contributed by atoms with Gasteiger partial charge in [0.15, 0.2) is 0 Å². The molecule has 1 saturated heterocycles. The molecular weight excluding hydrogens is 453 g/mol. The van der Waals surface area contributed by atoms with Crippen molar-refractivity contribution in [1.82, 2.24) is 9.91 Å². The molecule has 0 spiro atoms. The van der Waals surface area contributed by atoms with E-state index in [0.717, 1.165) is 43.7 Å². The van der Waals surface area contributed by atoms with Gasteiger partial charge in [0.25, 0.3) is 5.91 Å². The van der Waals surface area contributed by atoms with Gasteiger partial charge in [-0.15, -0.1) is 0 Å². The molecule has 6 heteroatoms. The Labute approximate surface area is 212 Å². The molecule has 186 valence electrons. The third kappa shape index (κ3) is 5.49. The number of likely N-dealkylation sites (tertiary alicyclic amines) is 1. The van der Waals surface area contributed by atoms with Gasteiger partial charge >= 0.3 is 0 Å². The van der Waals surface area contributed by atoms with Gasteiger partial charge in [-0.2, -0.15) is 5.10 Å². The number of benzene rings is 3. The van der Waals surface area contributed by atoms with Gasteiger partial charge in [0.1, 0.15) is 11.6 Å². The van der Waals surface area contributed by atoms with Crippen LogP contribution in [0.25, 0.3) is 0 Å². The van der Waals surface area contributed by atoms with E-state index >= 15 is 0 Å². The Hall–Kier alpha value is -3.51. The molecule has 3 aromatic carbocycles. The SMILES string of the molecule is COc1ccc([C@@H]2CC(c3ccccc3F)=NN2C(=O)CN2CCC(Cc3ccccc3)CC2)cc1. The van der Waals surface area contributed by atoms with E-state index in [9.17, 15) is 9.18 Å². The van der Waals surface area contributed by atoms with Gasteiger partial charge in [-0.25, -0.2) is 9.40 Å². The number of hydrazone groups is 1. The van der Waals surface area contributed by atoms with Crippen LogP contribution in [-0.4, -0.2) is 48.3 Å². The predicted molar refractivity (Wildman–Crippen MR) is 139 cm³/mol. The van der Waals surface area contributed by atoms with E-state index in [1.165, 1.54) is 11.6 Å². The second-order valence-corrected chi connectivity index (χ2v) is 9.67. The maximum atomic E-state index is 14.6. The molecular formula is C30H32FN3O2. The van der Waals surface area contributed by atoms with Crippen LogP contribution in [0.3, 0.4) is 0 Å². The summed E-state index contributed by atoms with van der Waals surface area (Å²) in [6, 6.07) is 24.7. The van der Waals surface area contributed by atoms with Gasteiger partial charge in [-0.3, -0.25) is 9.69 Å². The Morgan fingerprint density at radius 3 is 2.36 bits per heavy atom. The predicted octanol–water partition coefficient (Wildman–Crippen LogP) is 5.47. The number of piperidine rings is 1. The summed E-state index contributed by atoms with van der Waals surface area (Å²) >= 11 is 0. The lowest BCUT2D eigenvalue weighted by molar-refractivity contribution is -0.134. The van der Waals surface area contributed by atoms with Crippen LogP contribution in [0.5, 0.6) is 5.75 Å². The highest BCUT2D eigenvalue weighted by Crippen LogP contribution is 2.34. The highest BCUT2D eigenvalue weighted by molar-refractivity contribution is 6.03. The third-order valence-electron chi connectivity index (χ3n) is 7.28. The van der Waals surface area contributed by atoms with E-state index in [0.29, 0.717) is 30.2 Å². The number of carbonyl (C=O) groups is 1. The molecule has 5 rings (SSSR count). The van der Waals surface area contributed by atoms with E-state index in [4.69, 9.17) is 4.74 Å². The highest BCUT2D eigenvalue weighted by atomic mass is 19.1. The number of methoxy groups -OCH3 is 1. The van der Waals surface area contributed by atoms with E-state index < -0.39 is 0 Å². The largest absolute Gasteiger partial charge is 0.497 e. The van der Waals surface area contributed by atoms with Crippen molar-refractivity contribution in [3.05, 3.63) is 101 Å². The first-order valence-corrected chi connectivity index (χ1v) is 12.7. The lowest BCUT2D eigenvalue weighted by Gasteiger charge is -2.33. The smallest absolute Gasteiger partial charge is 0.257 e. The molecule has 0 unspecified atom stereocenters. The second kappa shape index (κ2) is 11.0. The van der Waals surface area contributed by atoms with E-state index in [-0.39, 0.29) is 17.8 Å². The van der Waals surface area contributed by atoms with Crippen molar-refractivity contribution in [2.45, 2.75) is 31.7 Å². The maximum Gasteiger partial charge on any atom is 0.257 e. The number of nitrogens with zero attached hydrogens (tertiary/aromatic N) is 3. The molecule has 0 bridgehead atoms. The molecule has 0 N–H and O–H groups in total. The molecule has 1 fully saturated rings. The van der Waals surface area contributed by atoms with Crippen molar-refractivity contribution < 1.29 is 13.9 Å². The van der Waals surface area contributed by atoms with Crippen LogP contribution in [0.15, 0.2) is 84.0 Å². The normalized spacial score (nSPS) is 18.8. The van der Waals surface area contributed by atoms with E-state index in [1.54, 1.807) is 30.3 Å². The van der Waals surface area contributed by atoms with Crippen molar-refractivity contribution in [2.24, 2.45) is 11.0 Å². The summed E-state index contributed by atoms with van der Waals surface area (Å²) in [7, 11) is 1.63. The summed E-state index contributed by atoms with van der Waals surface area (Å²) in [5.74, 6) is 1.02. The fourth-order valence-electron chi connectivity index (χ4n) is 5.24. The number of rotatable bonds is 7. The summed E-state index contributed by atoms with van der Waals surface area (Å²) in [4.78, 5) is 15.7. The Morgan fingerprint density at radius 2 is 1.67 bits per heavy atom. The molecule has 1 amide bonds. The quantitative estimate of drug-likeness (QED) is 0.446. The summed E-state index contributed by atoms with van der Waals surface area (Å²) in [6.07, 6.45) is 3.71. The maximum absolute atomic E-state index is 14.6. The Morgan fingerprint density at radius 1 is 0.972 bits per heavy atom. The van der Waals surface area contributed by atoms with Crippen molar-refractivity contribution in [1.29, 1.82) is 0 Å². The van der Waals surface area contributed by atoms with Crippen LogP contribution in [-0.2, 0) is 11.2 Å². The zero-order chi connectivity index (χ0) is 24.9. The summed E-state index contributed by atoms with van der Waals surface area (Å²) < 4.78 is 19.8. The zero-order valence-electron chi connectivity index (χ0n) is 20.6. The summed E-state index contributed by atoms with van der Waals surface area (Å²) in [5.41, 5.74) is 3.39. The van der Waals surface area contributed by atoms with Gasteiger partial charge in [-0.1, -0.05) is 60.7 Å². The lowest BCUT2D eigenvalue weighted by Crippen LogP contribution is -2.42. The Balaban J connectivity index is 1.28. The standard InChI is InChI=1S/C30H32FN3O2/c1-36-25-13-11-24(12-14-25)29-20-28(26-9-5-6-10-27(26)31)32-34(29)30(35)21-33-17-15-23(16-18-33)19-22-7-3-2-4-8-22/h2-14,23,29H,15-21H2,1H3/t29-/m0/s1. The van der Waals surface area contributed by atoms with Crippen molar-refractivity contribution in [3.8, 4) is 5.75 Å². The molecule has 2 aliphatic rings. The highest BCUT2D eigenvalue weighted by Gasteiger charge is 2.35. The fourth-order valence-corrected chi connectivity index (χ4v) is 5.24. The van der Waals surface area contributed by atoms with Gasteiger partial charge in [0.2, 0.25) is 0 Å². The van der Waals surface area contributed by atoms with Crippen LogP contribution < -0.4 is 4.74 Å². The first-order chi connectivity index (χ1) is 17.6. The molecule has 3 aromatic rings. The number of hydrogen-bond acceptors (Lipinski definition) is 4. The second-order valence-electron chi connectivity index (χ2n) is 9.67. The number of hydrogen-bond donors (Lipinski definition) is 0. The average molecular weight is 486 g/mol. The van der Waals surface area contributed by atoms with E-state index in [1.807, 2.05) is 24.3 Å². The number of ether oxygens (including phenoxy) is 1. The zero-order valence-corrected chi connectivity index (χ0v) is 20.6. The van der Waals surface area contributed by atoms with Crippen LogP contribution in [0.2, 0.25) is 0 Å². The Kier molecular flexibility index (Phi) is 7.42. The lowest BCUT2D eigenvalue weighted by atomic mass is 9.90. The molecule has 0 saturated carbocycles. The van der Waals surface area contributed by atoms with Crippen LogP contribution in [0.1, 0.15) is 42.0 Å². The summed E-state index contributed by atoms with van der Waals surface area (Å²) in [5, 5.41) is 6.23. The molecule has 2 heterocycles. The van der Waals surface area contributed by atoms with Gasteiger partial charge in [0, 0.05) is 12.0 Å². The molecule has 2 aliphatic heterocycles. The molecule has 36 heavy (non-hydrogen) atoms. The van der Waals surface area contributed by atoms with Crippen LogP contribution >= 0.6 is 0 Å². The monoisotopic (exact) mass is 485 g/mol. The minimum Gasteiger partial charge on any atom is -0.497 e. The van der Waals surface area contributed by atoms with Crippen molar-refractivity contribution in [3.63, 3.8) is 0 Å². The van der Waals surface area contributed by atoms with Crippen molar-refractivity contribution in [2.75, 3.05) is 26.7 Å². The number of amides is 1. The summed E-state index contributed by atoms with van der Waals surface area (Å²) in [6.45, 7) is 2.11. The fraction of sp³-hybridized carbons (Fsp3) is 0.333. The van der Waals surface area contributed by atoms with Gasteiger partial charge in [0.05, 0.1) is 25.4 Å². The Bertz CT molecular complexity index is 1200. The van der Waals surface area contributed by atoms with Crippen molar-refractivity contribution >= 4 is 11.6 Å². The topological polar surface area (TPSA) is 45.1 Å². The first-order valence-electron chi connectivity index (χ1n) is 12.7. The van der Waals surface area contributed by atoms with Gasteiger partial charge < -0.3 is 4.74 Å². The molecule has 1 atom stereocenters. The third-order valence-corrected chi connectivity index (χ3v) is 7.28. The molecule has 0 aromatic heterocycles.